The number of benzene rings is 2. The SMILES string of the molecule is COC(=O)c1ccc(C(=O)c2cc(F)cc(N)c2O)cc1. The van der Waals surface area contributed by atoms with Crippen LogP contribution in [0.4, 0.5) is 10.1 Å². The number of carbonyl (C=O) groups excluding carboxylic acids is 2. The molecule has 0 heterocycles. The molecule has 2 aromatic carbocycles. The molecule has 0 saturated heterocycles. The number of halogens is 1. The van der Waals surface area contributed by atoms with Gasteiger partial charge < -0.3 is 15.6 Å². The summed E-state index contributed by atoms with van der Waals surface area (Å²) in [4.78, 5) is 23.5. The summed E-state index contributed by atoms with van der Waals surface area (Å²) in [5.74, 6) is -2.33. The van der Waals surface area contributed by atoms with E-state index in [4.69, 9.17) is 5.73 Å². The second-order valence-electron chi connectivity index (χ2n) is 4.29. The highest BCUT2D eigenvalue weighted by molar-refractivity contribution is 6.11. The van der Waals surface area contributed by atoms with Crippen molar-refractivity contribution in [2.24, 2.45) is 0 Å². The molecule has 0 spiro atoms. The van der Waals surface area contributed by atoms with E-state index in [2.05, 4.69) is 4.74 Å². The van der Waals surface area contributed by atoms with Crippen LogP contribution in [-0.2, 0) is 4.74 Å². The molecule has 0 amide bonds. The normalized spacial score (nSPS) is 10.2. The highest BCUT2D eigenvalue weighted by Crippen LogP contribution is 2.28. The average molecular weight is 289 g/mol. The molecule has 0 aromatic heterocycles. The number of ketones is 1. The van der Waals surface area contributed by atoms with Crippen LogP contribution in [-0.4, -0.2) is 24.0 Å². The number of hydrogen-bond donors (Lipinski definition) is 2. The van der Waals surface area contributed by atoms with Gasteiger partial charge in [0.05, 0.1) is 23.9 Å². The average Bonchev–Trinajstić information content (AvgIpc) is 2.49. The van der Waals surface area contributed by atoms with Crippen molar-refractivity contribution in [1.29, 1.82) is 0 Å². The number of nitrogens with two attached hydrogens (primary N) is 1. The molecule has 2 rings (SSSR count). The van der Waals surface area contributed by atoms with Gasteiger partial charge in [0.25, 0.3) is 0 Å². The lowest BCUT2D eigenvalue weighted by atomic mass is 10.0. The van der Waals surface area contributed by atoms with Crippen molar-refractivity contribution in [3.63, 3.8) is 0 Å². The molecule has 2 aromatic rings. The van der Waals surface area contributed by atoms with Gasteiger partial charge in [-0.05, 0) is 18.2 Å². The van der Waals surface area contributed by atoms with Gasteiger partial charge in [0, 0.05) is 11.6 Å². The number of phenolic OH excluding ortho intramolecular Hbond substituents is 1. The van der Waals surface area contributed by atoms with Crippen LogP contribution in [0, 0.1) is 5.82 Å². The number of aromatic hydroxyl groups is 1. The number of rotatable bonds is 3. The van der Waals surface area contributed by atoms with Gasteiger partial charge in [0.2, 0.25) is 0 Å². The summed E-state index contributed by atoms with van der Waals surface area (Å²) in [5.41, 5.74) is 5.42. The zero-order valence-electron chi connectivity index (χ0n) is 11.1. The fourth-order valence-corrected chi connectivity index (χ4v) is 1.82. The van der Waals surface area contributed by atoms with E-state index in [9.17, 15) is 19.1 Å². The maximum Gasteiger partial charge on any atom is 0.337 e. The van der Waals surface area contributed by atoms with Crippen LogP contribution in [0.3, 0.4) is 0 Å². The Balaban J connectivity index is 2.39. The minimum absolute atomic E-state index is 0.183. The number of esters is 1. The lowest BCUT2D eigenvalue weighted by Gasteiger charge is -2.07. The van der Waals surface area contributed by atoms with E-state index < -0.39 is 23.3 Å². The van der Waals surface area contributed by atoms with Gasteiger partial charge in [-0.2, -0.15) is 0 Å². The maximum atomic E-state index is 13.3. The van der Waals surface area contributed by atoms with Crippen LogP contribution >= 0.6 is 0 Å². The Bertz CT molecular complexity index is 710. The highest BCUT2D eigenvalue weighted by Gasteiger charge is 2.17. The van der Waals surface area contributed by atoms with Crippen LogP contribution in [0.5, 0.6) is 5.75 Å². The van der Waals surface area contributed by atoms with Gasteiger partial charge in [-0.3, -0.25) is 4.79 Å². The van der Waals surface area contributed by atoms with E-state index in [1.807, 2.05) is 0 Å². The number of ether oxygens (including phenoxy) is 1. The van der Waals surface area contributed by atoms with Crippen molar-refractivity contribution in [2.45, 2.75) is 0 Å². The topological polar surface area (TPSA) is 89.6 Å². The summed E-state index contributed by atoms with van der Waals surface area (Å²) < 4.78 is 17.8. The van der Waals surface area contributed by atoms with Crippen LogP contribution in [0.2, 0.25) is 0 Å². The number of phenols is 1. The zero-order valence-corrected chi connectivity index (χ0v) is 11.1. The molecule has 108 valence electrons. The minimum atomic E-state index is -0.722. The molecular weight excluding hydrogens is 277 g/mol. The standard InChI is InChI=1S/C15H12FNO4/c1-21-15(20)9-4-2-8(3-5-9)13(18)11-6-10(16)7-12(17)14(11)19/h2-7,19H,17H2,1H3. The van der Waals surface area contributed by atoms with Crippen molar-refractivity contribution < 1.29 is 23.8 Å². The third kappa shape index (κ3) is 2.84. The van der Waals surface area contributed by atoms with Crippen molar-refractivity contribution in [3.8, 4) is 5.75 Å². The van der Waals surface area contributed by atoms with Crippen molar-refractivity contribution in [2.75, 3.05) is 12.8 Å². The van der Waals surface area contributed by atoms with Crippen LogP contribution in [0.1, 0.15) is 26.3 Å². The first-order valence-electron chi connectivity index (χ1n) is 5.95. The van der Waals surface area contributed by atoms with E-state index >= 15 is 0 Å². The lowest BCUT2D eigenvalue weighted by molar-refractivity contribution is 0.0600. The maximum absolute atomic E-state index is 13.3. The highest BCUT2D eigenvalue weighted by atomic mass is 19.1. The number of carbonyl (C=O) groups is 2. The van der Waals surface area contributed by atoms with Gasteiger partial charge in [0.1, 0.15) is 11.6 Å². The monoisotopic (exact) mass is 289 g/mol. The van der Waals surface area contributed by atoms with Crippen LogP contribution < -0.4 is 5.73 Å². The van der Waals surface area contributed by atoms with Crippen molar-refractivity contribution in [1.82, 2.24) is 0 Å². The van der Waals surface area contributed by atoms with Crippen molar-refractivity contribution in [3.05, 3.63) is 58.9 Å². The van der Waals surface area contributed by atoms with Gasteiger partial charge in [-0.25, -0.2) is 9.18 Å². The Morgan fingerprint density at radius 2 is 1.71 bits per heavy atom. The first kappa shape index (κ1) is 14.5. The van der Waals surface area contributed by atoms with E-state index in [-0.39, 0.29) is 22.4 Å². The molecular formula is C15H12FNO4. The number of anilines is 1. The number of nitrogen functional groups attached to an aromatic ring is 1. The van der Waals surface area contributed by atoms with Gasteiger partial charge in [-0.1, -0.05) is 12.1 Å². The molecule has 6 heteroatoms. The smallest absolute Gasteiger partial charge is 0.337 e. The summed E-state index contributed by atoms with van der Waals surface area (Å²) in [6.45, 7) is 0. The summed E-state index contributed by atoms with van der Waals surface area (Å²) in [6.07, 6.45) is 0. The summed E-state index contributed by atoms with van der Waals surface area (Å²) >= 11 is 0. The first-order valence-corrected chi connectivity index (χ1v) is 5.95. The quantitative estimate of drug-likeness (QED) is 0.391. The molecule has 0 atom stereocenters. The predicted octanol–water partition coefficient (Wildman–Crippen LogP) is 2.13. The molecule has 0 bridgehead atoms. The second-order valence-corrected chi connectivity index (χ2v) is 4.29. The van der Waals surface area contributed by atoms with Gasteiger partial charge in [0.15, 0.2) is 5.78 Å². The summed E-state index contributed by atoms with van der Waals surface area (Å²) in [7, 11) is 1.24. The van der Waals surface area contributed by atoms with Crippen LogP contribution in [0.25, 0.3) is 0 Å². The van der Waals surface area contributed by atoms with E-state index in [1.165, 1.54) is 31.4 Å². The lowest BCUT2D eigenvalue weighted by Crippen LogP contribution is -2.06. The van der Waals surface area contributed by atoms with E-state index in [0.717, 1.165) is 12.1 Å². The molecule has 3 N–H and O–H groups in total. The Hall–Kier alpha value is -2.89. The van der Waals surface area contributed by atoms with E-state index in [1.54, 1.807) is 0 Å². The number of methoxy groups -OCH3 is 1. The Morgan fingerprint density at radius 3 is 2.29 bits per heavy atom. The predicted molar refractivity (Wildman–Crippen MR) is 73.7 cm³/mol. The third-order valence-electron chi connectivity index (χ3n) is 2.92. The molecule has 0 fully saturated rings. The largest absolute Gasteiger partial charge is 0.505 e. The fourth-order valence-electron chi connectivity index (χ4n) is 1.82. The van der Waals surface area contributed by atoms with E-state index in [0.29, 0.717) is 0 Å². The van der Waals surface area contributed by atoms with Gasteiger partial charge in [-0.15, -0.1) is 0 Å². The molecule has 0 aliphatic rings. The Morgan fingerprint density at radius 1 is 1.14 bits per heavy atom. The first-order chi connectivity index (χ1) is 9.93. The molecule has 0 aliphatic carbocycles. The zero-order chi connectivity index (χ0) is 15.6. The Kier molecular flexibility index (Phi) is 3.89. The van der Waals surface area contributed by atoms with Gasteiger partial charge >= 0.3 is 5.97 Å². The molecule has 21 heavy (non-hydrogen) atoms. The molecule has 0 unspecified atom stereocenters. The Labute approximate surface area is 119 Å². The molecule has 0 radical (unpaired) electrons. The molecule has 5 nitrogen and oxygen atoms in total. The van der Waals surface area contributed by atoms with Crippen molar-refractivity contribution >= 4 is 17.4 Å². The second kappa shape index (κ2) is 5.62. The third-order valence-corrected chi connectivity index (χ3v) is 2.92. The summed E-state index contributed by atoms with van der Waals surface area (Å²) in [5, 5.41) is 9.75. The molecule has 0 saturated carbocycles. The molecule has 0 aliphatic heterocycles. The van der Waals surface area contributed by atoms with Crippen LogP contribution in [0.15, 0.2) is 36.4 Å². The minimum Gasteiger partial charge on any atom is -0.505 e. The fraction of sp³-hybridized carbons (Fsp3) is 0.0667. The summed E-state index contributed by atoms with van der Waals surface area (Å²) in [6, 6.07) is 7.40. The number of hydrogen-bond acceptors (Lipinski definition) is 5.